The summed E-state index contributed by atoms with van der Waals surface area (Å²) in [6, 6.07) is 0. The molecule has 29 heavy (non-hydrogen) atoms. The van der Waals surface area contributed by atoms with Crippen LogP contribution in [0.1, 0.15) is 41.5 Å². The minimum Gasteiger partial charge on any atom is -0.834 e. The summed E-state index contributed by atoms with van der Waals surface area (Å²) in [7, 11) is 0. The summed E-state index contributed by atoms with van der Waals surface area (Å²) >= 11 is -0.273. The standard InChI is InChI=1S/C6HF12O2.2C4H9.Bi/c7-3(8,9)1(19,4(10,11)12)2(20,5(13,14)15)6(16,17)18;2*1-4(2)3;/h19H;2*1-3H3;/q-1;;;+1. The second-order valence-corrected chi connectivity index (χ2v) is 19.1. The Bertz CT molecular complexity index is 456. The first kappa shape index (κ1) is 31.2. The fourth-order valence-corrected chi connectivity index (χ4v) is 9.96. The molecule has 0 aromatic carbocycles. The molecule has 0 fully saturated rings. The third-order valence-electron chi connectivity index (χ3n) is 2.80. The molecule has 0 aliphatic heterocycles. The van der Waals surface area contributed by atoms with Gasteiger partial charge in [-0.2, -0.15) is 52.7 Å². The maximum absolute atomic E-state index is 12.0. The molecule has 0 saturated heterocycles. The number of hydrogen-bond donors (Lipinski definition) is 1. The molecule has 0 aliphatic carbocycles. The Morgan fingerprint density at radius 1 is 0.517 bits per heavy atom. The molecule has 15 heteroatoms. The summed E-state index contributed by atoms with van der Waals surface area (Å²) in [5, 5.41) is 18.6. The van der Waals surface area contributed by atoms with Crippen molar-refractivity contribution in [1.29, 1.82) is 0 Å². The SMILES string of the molecule is C[C](C)(C)[Bi+][C](C)(C)C.[O-]C(C(F)(F)F)(C(F)(F)F)C(O)(C(F)(F)F)C(F)(F)F. The number of aliphatic hydroxyl groups is 1. The monoisotopic (exact) mass is 656 g/mol. The molecule has 0 amide bonds. The third kappa shape index (κ3) is 7.26. The smallest absolute Gasteiger partial charge is 0.426 e. The van der Waals surface area contributed by atoms with E-state index in [2.05, 4.69) is 41.5 Å². The molecule has 0 unspecified atom stereocenters. The van der Waals surface area contributed by atoms with Crippen LogP contribution >= 0.6 is 0 Å². The van der Waals surface area contributed by atoms with Crippen LogP contribution in [-0.4, -0.2) is 64.2 Å². The molecule has 0 aliphatic rings. The molecule has 0 aromatic heterocycles. The van der Waals surface area contributed by atoms with Crippen LogP contribution in [-0.2, 0) is 0 Å². The van der Waals surface area contributed by atoms with Crippen molar-refractivity contribution in [2.45, 2.75) is 83.7 Å². The molecule has 0 aromatic rings. The van der Waals surface area contributed by atoms with Gasteiger partial charge in [0.05, 0.1) is 0 Å². The molecule has 0 atom stereocenters. The van der Waals surface area contributed by atoms with E-state index < -0.39 is 35.9 Å². The molecular formula is C14H19BiF12O2. The van der Waals surface area contributed by atoms with Crippen molar-refractivity contribution in [2.24, 2.45) is 0 Å². The van der Waals surface area contributed by atoms with Gasteiger partial charge in [0.2, 0.25) is 0 Å². The molecule has 0 rings (SSSR count). The van der Waals surface area contributed by atoms with Crippen LogP contribution < -0.4 is 5.11 Å². The van der Waals surface area contributed by atoms with E-state index in [0.717, 1.165) is 0 Å². The second kappa shape index (κ2) is 8.48. The maximum atomic E-state index is 12.0. The first-order valence-electron chi connectivity index (χ1n) is 7.39. The predicted molar refractivity (Wildman–Crippen MR) is 77.1 cm³/mol. The fraction of sp³-hybridized carbons (Fsp3) is 1.00. The number of rotatable bonds is 1. The molecule has 0 saturated carbocycles. The van der Waals surface area contributed by atoms with E-state index in [1.807, 2.05) is 0 Å². The van der Waals surface area contributed by atoms with Crippen LogP contribution in [0.5, 0.6) is 0 Å². The second-order valence-electron chi connectivity index (χ2n) is 7.84. The van der Waals surface area contributed by atoms with Crippen molar-refractivity contribution < 1.29 is 62.9 Å². The fourth-order valence-electron chi connectivity index (χ4n) is 2.14. The molecular weight excluding hydrogens is 637 g/mol. The normalized spacial score (nSPS) is 15.7. The van der Waals surface area contributed by atoms with Gasteiger partial charge < -0.3 is 10.2 Å². The van der Waals surface area contributed by atoms with Crippen LogP contribution in [0.15, 0.2) is 0 Å². The van der Waals surface area contributed by atoms with Gasteiger partial charge in [-0.05, 0) is 0 Å². The molecule has 1 N–H and O–H groups in total. The van der Waals surface area contributed by atoms with E-state index >= 15 is 0 Å². The zero-order valence-electron chi connectivity index (χ0n) is 15.8. The van der Waals surface area contributed by atoms with Crippen LogP contribution in [0.25, 0.3) is 0 Å². The van der Waals surface area contributed by atoms with Gasteiger partial charge in [0.25, 0.3) is 5.60 Å². The Balaban J connectivity index is 0. The van der Waals surface area contributed by atoms with E-state index in [0.29, 0.717) is 6.25 Å². The molecule has 176 valence electrons. The van der Waals surface area contributed by atoms with Gasteiger partial charge in [-0.1, -0.05) is 0 Å². The molecule has 0 bridgehead atoms. The van der Waals surface area contributed by atoms with Crippen molar-refractivity contribution in [3.63, 3.8) is 0 Å². The van der Waals surface area contributed by atoms with Crippen LogP contribution in [0, 0.1) is 0 Å². The first-order valence-corrected chi connectivity index (χ1v) is 10.9. The Kier molecular flexibility index (Phi) is 9.11. The Morgan fingerprint density at radius 2 is 0.724 bits per heavy atom. The zero-order valence-corrected chi connectivity index (χ0v) is 19.3. The first-order chi connectivity index (χ1) is 12.0. The van der Waals surface area contributed by atoms with Crippen LogP contribution in [0.4, 0.5) is 52.7 Å². The summed E-state index contributed by atoms with van der Waals surface area (Å²) in [5.74, 6) is 0. The van der Waals surface area contributed by atoms with Gasteiger partial charge in [0.1, 0.15) is 5.60 Å². The minimum absolute atomic E-state index is 0.273. The molecule has 0 spiro atoms. The van der Waals surface area contributed by atoms with Crippen molar-refractivity contribution in [3.05, 3.63) is 0 Å². The molecule has 2 nitrogen and oxygen atoms in total. The van der Waals surface area contributed by atoms with E-state index in [1.165, 1.54) is 0 Å². The van der Waals surface area contributed by atoms with Crippen molar-refractivity contribution >= 4 is 23.2 Å². The van der Waals surface area contributed by atoms with E-state index in [1.54, 1.807) is 0 Å². The summed E-state index contributed by atoms with van der Waals surface area (Å²) < 4.78 is 145. The van der Waals surface area contributed by atoms with Gasteiger partial charge >= 0.3 is 95.7 Å². The summed E-state index contributed by atoms with van der Waals surface area (Å²) in [6.07, 6.45) is -30.4. The Labute approximate surface area is 170 Å². The molecule has 0 heterocycles. The average Bonchev–Trinajstić information content (AvgIpc) is 2.26. The zero-order chi connectivity index (χ0) is 24.7. The van der Waals surface area contributed by atoms with Gasteiger partial charge in [-0.3, -0.25) is 0 Å². The number of hydrogen-bond acceptors (Lipinski definition) is 2. The van der Waals surface area contributed by atoms with Crippen molar-refractivity contribution in [2.75, 3.05) is 0 Å². The topological polar surface area (TPSA) is 43.3 Å². The van der Waals surface area contributed by atoms with Crippen LogP contribution in [0.2, 0.25) is 6.25 Å². The molecule has 2 radical (unpaired) electrons. The third-order valence-corrected chi connectivity index (χ3v) is 8.01. The van der Waals surface area contributed by atoms with E-state index in [4.69, 9.17) is 5.11 Å². The van der Waals surface area contributed by atoms with E-state index in [9.17, 15) is 57.8 Å². The van der Waals surface area contributed by atoms with Crippen LogP contribution in [0.3, 0.4) is 0 Å². The Morgan fingerprint density at radius 3 is 0.759 bits per heavy atom. The van der Waals surface area contributed by atoms with Gasteiger partial charge in [-0.25, -0.2) is 0 Å². The summed E-state index contributed by atoms with van der Waals surface area (Å²) in [6.45, 7) is 14.2. The van der Waals surface area contributed by atoms with Gasteiger partial charge in [0, 0.05) is 0 Å². The Hall–Kier alpha value is -0.0369. The van der Waals surface area contributed by atoms with Crippen molar-refractivity contribution in [3.8, 4) is 0 Å². The predicted octanol–water partition coefficient (Wildman–Crippen LogP) is 5.19. The maximum Gasteiger partial charge on any atom is 0.426 e. The number of halogens is 12. The largest absolute Gasteiger partial charge is 0.834 e. The summed E-state index contributed by atoms with van der Waals surface area (Å²) in [4.78, 5) is 0. The van der Waals surface area contributed by atoms with Crippen molar-refractivity contribution in [1.82, 2.24) is 0 Å². The van der Waals surface area contributed by atoms with Gasteiger partial charge in [-0.15, -0.1) is 0 Å². The summed E-state index contributed by atoms with van der Waals surface area (Å²) in [5.41, 5.74) is -15.4. The average molecular weight is 656 g/mol. The quantitative estimate of drug-likeness (QED) is 0.312. The van der Waals surface area contributed by atoms with E-state index in [-0.39, 0.29) is 23.2 Å². The minimum atomic E-state index is -7.75. The van der Waals surface area contributed by atoms with Gasteiger partial charge in [0.15, 0.2) is 0 Å². The number of alkyl halides is 12.